The number of aliphatic hydroxyl groups excluding tert-OH is 1. The van der Waals surface area contributed by atoms with E-state index in [1.54, 1.807) is 6.08 Å². The van der Waals surface area contributed by atoms with E-state index >= 15 is 0 Å². The number of unbranched alkanes of at least 4 members (excludes halogenated alkanes) is 24. The minimum absolute atomic E-state index is 0.00166. The third kappa shape index (κ3) is 35.4. The van der Waals surface area contributed by atoms with Crippen molar-refractivity contribution in [3.05, 3.63) is 12.2 Å². The number of hydrogen-bond donors (Lipinski definition) is 2. The summed E-state index contributed by atoms with van der Waals surface area (Å²) in [6.07, 6.45) is 35.4. The molecular weight excluding hydrogens is 635 g/mol. The van der Waals surface area contributed by atoms with Gasteiger partial charge in [0, 0.05) is 6.42 Å². The quantitative estimate of drug-likeness (QED) is 0.0287. The van der Waals surface area contributed by atoms with Crippen molar-refractivity contribution in [3.63, 3.8) is 0 Å². The smallest absolute Gasteiger partial charge is 0.268 e. The predicted octanol–water partition coefficient (Wildman–Crippen LogP) is 10.2. The molecule has 0 aliphatic carbocycles. The van der Waals surface area contributed by atoms with Gasteiger partial charge < -0.3 is 28.8 Å². The average Bonchev–Trinajstić information content (AvgIpc) is 3.04. The molecule has 0 aromatic heterocycles. The molecule has 9 heteroatoms. The van der Waals surface area contributed by atoms with E-state index in [1.165, 1.54) is 128 Å². The number of quaternary nitrogens is 1. The highest BCUT2D eigenvalue weighted by molar-refractivity contribution is 7.45. The first-order valence-corrected chi connectivity index (χ1v) is 22.0. The minimum Gasteiger partial charge on any atom is -0.756 e. The molecule has 0 rings (SSSR count). The number of nitrogens with zero attached hydrogens (tertiary/aromatic N) is 1. The van der Waals surface area contributed by atoms with Crippen molar-refractivity contribution in [2.45, 2.75) is 199 Å². The Labute approximate surface area is 303 Å². The van der Waals surface area contributed by atoms with E-state index in [0.29, 0.717) is 17.4 Å². The molecule has 3 atom stereocenters. The number of nitrogens with one attached hydrogen (secondary N) is 1. The monoisotopic (exact) mass is 717 g/mol. The van der Waals surface area contributed by atoms with Crippen molar-refractivity contribution in [2.75, 3.05) is 40.9 Å². The summed E-state index contributed by atoms with van der Waals surface area (Å²) >= 11 is 0. The molecule has 2 N–H and O–H groups in total. The van der Waals surface area contributed by atoms with E-state index in [-0.39, 0.29) is 19.1 Å². The van der Waals surface area contributed by atoms with E-state index in [4.69, 9.17) is 9.05 Å². The number of carbonyl (C=O) groups is 1. The fourth-order valence-corrected chi connectivity index (χ4v) is 6.64. The number of hydrogen-bond acceptors (Lipinski definition) is 6. The van der Waals surface area contributed by atoms with Crippen LogP contribution in [0, 0.1) is 0 Å². The van der Waals surface area contributed by atoms with Gasteiger partial charge in [-0.1, -0.05) is 174 Å². The number of phosphoric ester groups is 1. The van der Waals surface area contributed by atoms with E-state index in [2.05, 4.69) is 19.2 Å². The second-order valence-corrected chi connectivity index (χ2v) is 16.8. The van der Waals surface area contributed by atoms with Crippen LogP contribution in [0.1, 0.15) is 187 Å². The van der Waals surface area contributed by atoms with Crippen molar-refractivity contribution in [3.8, 4) is 0 Å². The lowest BCUT2D eigenvalue weighted by atomic mass is 10.0. The highest BCUT2D eigenvalue weighted by Crippen LogP contribution is 2.38. The lowest BCUT2D eigenvalue weighted by molar-refractivity contribution is -0.870. The Kier molecular flexibility index (Phi) is 32.6. The van der Waals surface area contributed by atoms with Crippen LogP contribution in [0.2, 0.25) is 0 Å². The molecule has 0 aromatic carbocycles. The largest absolute Gasteiger partial charge is 0.756 e. The summed E-state index contributed by atoms with van der Waals surface area (Å²) in [5.74, 6) is -0.200. The molecule has 0 saturated carbocycles. The van der Waals surface area contributed by atoms with E-state index in [9.17, 15) is 19.4 Å². The number of allylic oxidation sites excluding steroid dienone is 1. The number of aliphatic hydroxyl groups is 1. The number of phosphoric acid groups is 1. The van der Waals surface area contributed by atoms with Gasteiger partial charge in [0.15, 0.2) is 0 Å². The second-order valence-electron chi connectivity index (χ2n) is 15.4. The van der Waals surface area contributed by atoms with Crippen LogP contribution in [0.4, 0.5) is 0 Å². The first kappa shape index (κ1) is 48.2. The Balaban J connectivity index is 4.40. The molecule has 0 aromatic rings. The molecule has 0 radical (unpaired) electrons. The first-order chi connectivity index (χ1) is 23.5. The highest BCUT2D eigenvalue weighted by Gasteiger charge is 2.23. The zero-order chi connectivity index (χ0) is 36.5. The van der Waals surface area contributed by atoms with E-state index < -0.39 is 20.0 Å². The van der Waals surface area contributed by atoms with Gasteiger partial charge in [0.2, 0.25) is 5.91 Å². The fraction of sp³-hybridized carbons (Fsp3) is 0.925. The Bertz CT molecular complexity index is 819. The Morgan fingerprint density at radius 3 is 1.53 bits per heavy atom. The highest BCUT2D eigenvalue weighted by atomic mass is 31.2. The van der Waals surface area contributed by atoms with Crippen LogP contribution in [0.15, 0.2) is 12.2 Å². The van der Waals surface area contributed by atoms with Crippen molar-refractivity contribution in [1.29, 1.82) is 0 Å². The lowest BCUT2D eigenvalue weighted by Gasteiger charge is -2.29. The molecule has 0 bridgehead atoms. The third-order valence-corrected chi connectivity index (χ3v) is 10.2. The molecule has 0 aliphatic rings. The van der Waals surface area contributed by atoms with Gasteiger partial charge in [-0.25, -0.2) is 0 Å². The minimum atomic E-state index is -4.57. The van der Waals surface area contributed by atoms with Gasteiger partial charge in [-0.3, -0.25) is 9.36 Å². The molecule has 0 aliphatic heterocycles. The number of amides is 1. The average molecular weight is 717 g/mol. The summed E-state index contributed by atoms with van der Waals surface area (Å²) in [6.45, 7) is 4.62. The van der Waals surface area contributed by atoms with Gasteiger partial charge in [0.25, 0.3) is 7.82 Å². The van der Waals surface area contributed by atoms with Gasteiger partial charge >= 0.3 is 0 Å². The summed E-state index contributed by atoms with van der Waals surface area (Å²) in [5, 5.41) is 13.7. The Morgan fingerprint density at radius 2 is 1.10 bits per heavy atom. The normalized spacial score (nSPS) is 14.7. The molecule has 0 heterocycles. The SMILES string of the molecule is CCCCCCCCCCCCCCCCCC/C=C/C(O)C(COP(=O)([O-])OCC[N+](C)(C)C)NC(=O)CCCCCCCCCCC. The van der Waals surface area contributed by atoms with Gasteiger partial charge in [-0.2, -0.15) is 0 Å². The van der Waals surface area contributed by atoms with Crippen LogP contribution < -0.4 is 10.2 Å². The maximum atomic E-state index is 12.7. The molecule has 8 nitrogen and oxygen atoms in total. The van der Waals surface area contributed by atoms with Crippen molar-refractivity contribution >= 4 is 13.7 Å². The summed E-state index contributed by atoms with van der Waals surface area (Å²) < 4.78 is 23.1. The van der Waals surface area contributed by atoms with Gasteiger partial charge in [0.1, 0.15) is 13.2 Å². The van der Waals surface area contributed by atoms with Crippen LogP contribution in [-0.4, -0.2) is 68.5 Å². The van der Waals surface area contributed by atoms with Crippen LogP contribution in [0.5, 0.6) is 0 Å². The summed E-state index contributed by atoms with van der Waals surface area (Å²) in [4.78, 5) is 25.1. The summed E-state index contributed by atoms with van der Waals surface area (Å²) in [7, 11) is 1.27. The maximum Gasteiger partial charge on any atom is 0.268 e. The molecule has 0 fully saturated rings. The topological polar surface area (TPSA) is 108 Å². The summed E-state index contributed by atoms with van der Waals surface area (Å²) in [5.41, 5.74) is 0. The van der Waals surface area contributed by atoms with Crippen LogP contribution in [0.25, 0.3) is 0 Å². The molecule has 0 spiro atoms. The van der Waals surface area contributed by atoms with Crippen LogP contribution in [0.3, 0.4) is 0 Å². The predicted molar refractivity (Wildman–Crippen MR) is 205 cm³/mol. The van der Waals surface area contributed by atoms with Gasteiger partial charge in [0.05, 0.1) is 39.9 Å². The summed E-state index contributed by atoms with van der Waals surface area (Å²) in [6, 6.07) is -0.877. The standard InChI is InChI=1S/C40H81N2O6P/c1-6-8-10-12-14-16-17-18-19-20-21-22-23-24-26-27-29-31-33-39(43)38(37-48-49(45,46)47-36-35-42(3,4)5)41-40(44)34-32-30-28-25-15-13-11-9-7-2/h31,33,38-39,43H,6-30,32,34-37H2,1-5H3,(H-,41,44,45,46)/b33-31+. The Morgan fingerprint density at radius 1 is 0.694 bits per heavy atom. The van der Waals surface area contributed by atoms with Gasteiger partial charge in [-0.15, -0.1) is 0 Å². The first-order valence-electron chi connectivity index (χ1n) is 20.6. The lowest BCUT2D eigenvalue weighted by Crippen LogP contribution is -2.45. The number of carbonyl (C=O) groups excluding carboxylic acids is 1. The zero-order valence-electron chi connectivity index (χ0n) is 32.9. The number of likely N-dealkylation sites (N-methyl/N-ethyl adjacent to an activating group) is 1. The molecule has 49 heavy (non-hydrogen) atoms. The third-order valence-electron chi connectivity index (χ3n) is 9.25. The molecule has 292 valence electrons. The Hall–Kier alpha value is -0.760. The van der Waals surface area contributed by atoms with E-state index in [1.807, 2.05) is 27.2 Å². The molecule has 1 amide bonds. The van der Waals surface area contributed by atoms with Crippen molar-refractivity contribution in [1.82, 2.24) is 5.32 Å². The molecule has 0 saturated heterocycles. The molecular formula is C40H81N2O6P. The fourth-order valence-electron chi connectivity index (χ4n) is 5.92. The van der Waals surface area contributed by atoms with Gasteiger partial charge in [-0.05, 0) is 19.3 Å². The number of rotatable bonds is 37. The van der Waals surface area contributed by atoms with Crippen molar-refractivity contribution in [2.24, 2.45) is 0 Å². The second kappa shape index (κ2) is 33.1. The molecule has 3 unspecified atom stereocenters. The van der Waals surface area contributed by atoms with E-state index in [0.717, 1.165) is 38.5 Å². The zero-order valence-corrected chi connectivity index (χ0v) is 33.8. The maximum absolute atomic E-state index is 12.7. The van der Waals surface area contributed by atoms with Crippen LogP contribution in [-0.2, 0) is 18.4 Å². The van der Waals surface area contributed by atoms with Crippen LogP contribution >= 0.6 is 7.82 Å². The van der Waals surface area contributed by atoms with Crippen molar-refractivity contribution < 1.29 is 32.9 Å².